The minimum atomic E-state index is 0.135. The molecule has 3 aromatic rings. The summed E-state index contributed by atoms with van der Waals surface area (Å²) in [7, 11) is 1.94. The molecule has 0 N–H and O–H groups in total. The van der Waals surface area contributed by atoms with Gasteiger partial charge in [-0.1, -0.05) is 37.7 Å². The smallest absolute Gasteiger partial charge is 0.175 e. The van der Waals surface area contributed by atoms with Gasteiger partial charge < -0.3 is 9.13 Å². The van der Waals surface area contributed by atoms with E-state index in [0.717, 1.165) is 27.8 Å². The Morgan fingerprint density at radius 2 is 1.88 bits per heavy atom. The average molecular weight is 368 g/mol. The molecule has 0 atom stereocenters. The number of rotatable bonds is 6. The van der Waals surface area contributed by atoms with Gasteiger partial charge in [-0.05, 0) is 43.5 Å². The van der Waals surface area contributed by atoms with Gasteiger partial charge in [0.05, 0.1) is 5.75 Å². The van der Waals surface area contributed by atoms with E-state index in [4.69, 9.17) is 0 Å². The number of aromatic nitrogens is 3. The van der Waals surface area contributed by atoms with Crippen LogP contribution in [0.25, 0.3) is 5.69 Å². The molecule has 0 saturated heterocycles. The van der Waals surface area contributed by atoms with Crippen LogP contribution >= 0.6 is 11.8 Å². The lowest BCUT2D eigenvalue weighted by Gasteiger charge is -2.12. The van der Waals surface area contributed by atoms with Gasteiger partial charge in [-0.2, -0.15) is 0 Å². The fourth-order valence-corrected chi connectivity index (χ4v) is 3.97. The summed E-state index contributed by atoms with van der Waals surface area (Å²) in [5.74, 6) is 1.04. The lowest BCUT2D eigenvalue weighted by atomic mass is 10.0. The normalized spacial score (nSPS) is 11.3. The summed E-state index contributed by atoms with van der Waals surface area (Å²) in [5.41, 5.74) is 5.27. The zero-order chi connectivity index (χ0) is 18.8. The zero-order valence-corrected chi connectivity index (χ0v) is 16.8. The number of Topliss-reactive ketones (excluding diaryl/α,β-unsaturated/α-hetero) is 1. The Hall–Kier alpha value is -2.27. The largest absolute Gasteiger partial charge is 0.329 e. The van der Waals surface area contributed by atoms with Gasteiger partial charge in [-0.15, -0.1) is 0 Å². The summed E-state index contributed by atoms with van der Waals surface area (Å²) >= 11 is 1.47. The maximum Gasteiger partial charge on any atom is 0.175 e. The van der Waals surface area contributed by atoms with Gasteiger partial charge in [0.25, 0.3) is 0 Å². The van der Waals surface area contributed by atoms with Gasteiger partial charge in [0, 0.05) is 42.1 Å². The molecule has 0 unspecified atom stereocenters. The summed E-state index contributed by atoms with van der Waals surface area (Å²) in [4.78, 5) is 17.0. The standard InChI is InChI=1S/C21H25N3OS/c1-14(2)17-6-8-18(9-7-17)24-15(3)12-19(16(24)4)20(25)13-26-21-22-10-11-23(21)5/h6-12,14H,13H2,1-5H3. The molecule has 0 aliphatic carbocycles. The summed E-state index contributed by atoms with van der Waals surface area (Å²) in [5, 5.41) is 0.858. The van der Waals surface area contributed by atoms with Crippen LogP contribution in [0.3, 0.4) is 0 Å². The Balaban J connectivity index is 1.83. The van der Waals surface area contributed by atoms with Gasteiger partial charge in [-0.25, -0.2) is 4.98 Å². The third-order valence-electron chi connectivity index (χ3n) is 4.66. The van der Waals surface area contributed by atoms with Crippen LogP contribution < -0.4 is 0 Å². The van der Waals surface area contributed by atoms with Crippen LogP contribution in [0.4, 0.5) is 0 Å². The summed E-state index contributed by atoms with van der Waals surface area (Å²) in [6.07, 6.45) is 3.64. The van der Waals surface area contributed by atoms with Crippen molar-refractivity contribution in [1.82, 2.24) is 14.1 Å². The number of thioether (sulfide) groups is 1. The highest BCUT2D eigenvalue weighted by atomic mass is 32.2. The van der Waals surface area contributed by atoms with E-state index < -0.39 is 0 Å². The van der Waals surface area contributed by atoms with E-state index in [-0.39, 0.29) is 5.78 Å². The van der Waals surface area contributed by atoms with Gasteiger partial charge in [0.1, 0.15) is 0 Å². The van der Waals surface area contributed by atoms with E-state index >= 15 is 0 Å². The van der Waals surface area contributed by atoms with E-state index in [1.165, 1.54) is 17.3 Å². The molecular weight excluding hydrogens is 342 g/mol. The average Bonchev–Trinajstić information content (AvgIpc) is 3.15. The number of benzene rings is 1. The number of hydrogen-bond acceptors (Lipinski definition) is 3. The van der Waals surface area contributed by atoms with E-state index in [2.05, 4.69) is 47.7 Å². The molecule has 2 aromatic heterocycles. The van der Waals surface area contributed by atoms with Crippen LogP contribution in [0.5, 0.6) is 0 Å². The molecule has 0 aliphatic rings. The van der Waals surface area contributed by atoms with Gasteiger partial charge >= 0.3 is 0 Å². The molecule has 0 spiro atoms. The number of ketones is 1. The van der Waals surface area contributed by atoms with Gasteiger partial charge in [-0.3, -0.25) is 4.79 Å². The van der Waals surface area contributed by atoms with Gasteiger partial charge in [0.15, 0.2) is 10.9 Å². The lowest BCUT2D eigenvalue weighted by molar-refractivity contribution is 0.102. The summed E-state index contributed by atoms with van der Waals surface area (Å²) < 4.78 is 4.08. The second-order valence-corrected chi connectivity index (χ2v) is 7.84. The number of aryl methyl sites for hydroxylation is 2. The SMILES string of the molecule is Cc1cc(C(=O)CSc2nccn2C)c(C)n1-c1ccc(C(C)C)cc1. The van der Waals surface area contributed by atoms with Crippen molar-refractivity contribution in [3.05, 3.63) is 65.2 Å². The zero-order valence-electron chi connectivity index (χ0n) is 16.0. The molecule has 0 fully saturated rings. The van der Waals surface area contributed by atoms with E-state index in [9.17, 15) is 4.79 Å². The molecule has 26 heavy (non-hydrogen) atoms. The molecule has 4 nitrogen and oxygen atoms in total. The Labute approximate surface area is 159 Å². The first-order valence-corrected chi connectivity index (χ1v) is 9.79. The molecule has 3 rings (SSSR count). The molecule has 1 aromatic carbocycles. The molecule has 0 saturated carbocycles. The fraction of sp³-hybridized carbons (Fsp3) is 0.333. The second-order valence-electron chi connectivity index (χ2n) is 6.90. The number of hydrogen-bond donors (Lipinski definition) is 0. The van der Waals surface area contributed by atoms with Crippen molar-refractivity contribution >= 4 is 17.5 Å². The highest BCUT2D eigenvalue weighted by Crippen LogP contribution is 2.25. The van der Waals surface area contributed by atoms with Crippen molar-refractivity contribution in [2.75, 3.05) is 5.75 Å². The minimum Gasteiger partial charge on any atom is -0.329 e. The lowest BCUT2D eigenvalue weighted by Crippen LogP contribution is -2.06. The molecular formula is C21H25N3OS. The predicted octanol–water partition coefficient (Wildman–Crippen LogP) is 4.93. The Kier molecular flexibility index (Phi) is 5.37. The van der Waals surface area contributed by atoms with Crippen molar-refractivity contribution in [1.29, 1.82) is 0 Å². The highest BCUT2D eigenvalue weighted by molar-refractivity contribution is 7.99. The predicted molar refractivity (Wildman–Crippen MR) is 108 cm³/mol. The first-order chi connectivity index (χ1) is 12.4. The molecule has 136 valence electrons. The summed E-state index contributed by atoms with van der Waals surface area (Å²) in [6, 6.07) is 10.6. The van der Waals surface area contributed by atoms with Crippen LogP contribution in [0.15, 0.2) is 47.9 Å². The molecule has 0 radical (unpaired) electrons. The monoisotopic (exact) mass is 367 g/mol. The first kappa shape index (κ1) is 18.5. The number of carbonyl (C=O) groups excluding carboxylic acids is 1. The first-order valence-electron chi connectivity index (χ1n) is 8.81. The number of imidazole rings is 1. The molecule has 0 aliphatic heterocycles. The third-order valence-corrected chi connectivity index (χ3v) is 5.72. The number of carbonyl (C=O) groups is 1. The topological polar surface area (TPSA) is 39.8 Å². The minimum absolute atomic E-state index is 0.135. The quantitative estimate of drug-likeness (QED) is 0.458. The highest BCUT2D eigenvalue weighted by Gasteiger charge is 2.17. The van der Waals surface area contributed by atoms with E-state index in [1.807, 2.05) is 37.7 Å². The number of nitrogens with zero attached hydrogens (tertiary/aromatic N) is 3. The molecule has 5 heteroatoms. The molecule has 2 heterocycles. The second kappa shape index (κ2) is 7.54. The summed E-state index contributed by atoms with van der Waals surface area (Å²) in [6.45, 7) is 8.45. The maximum absolute atomic E-state index is 12.7. The Morgan fingerprint density at radius 3 is 2.46 bits per heavy atom. The van der Waals surface area contributed by atoms with Gasteiger partial charge in [0.2, 0.25) is 0 Å². The van der Waals surface area contributed by atoms with Crippen molar-refractivity contribution in [2.24, 2.45) is 7.05 Å². The van der Waals surface area contributed by atoms with Crippen LogP contribution in [0.1, 0.15) is 47.1 Å². The Bertz CT molecular complexity index is 919. The van der Waals surface area contributed by atoms with Crippen LogP contribution in [-0.2, 0) is 7.05 Å². The van der Waals surface area contributed by atoms with Crippen LogP contribution in [-0.4, -0.2) is 25.7 Å². The van der Waals surface area contributed by atoms with E-state index in [0.29, 0.717) is 11.7 Å². The van der Waals surface area contributed by atoms with E-state index in [1.54, 1.807) is 6.20 Å². The fourth-order valence-electron chi connectivity index (χ4n) is 3.15. The van der Waals surface area contributed by atoms with Crippen molar-refractivity contribution < 1.29 is 4.79 Å². The van der Waals surface area contributed by atoms with Crippen LogP contribution in [0.2, 0.25) is 0 Å². The van der Waals surface area contributed by atoms with Crippen molar-refractivity contribution in [3.8, 4) is 5.69 Å². The molecule has 0 amide bonds. The Morgan fingerprint density at radius 1 is 1.19 bits per heavy atom. The molecule has 0 bridgehead atoms. The third kappa shape index (κ3) is 3.63. The van der Waals surface area contributed by atoms with Crippen LogP contribution in [0, 0.1) is 13.8 Å². The maximum atomic E-state index is 12.7. The van der Waals surface area contributed by atoms with Crippen molar-refractivity contribution in [3.63, 3.8) is 0 Å². The van der Waals surface area contributed by atoms with Crippen molar-refractivity contribution in [2.45, 2.75) is 38.8 Å².